The van der Waals surface area contributed by atoms with E-state index in [1.165, 1.54) is 6.07 Å². The number of aryl methyl sites for hydroxylation is 2. The van der Waals surface area contributed by atoms with Crippen molar-refractivity contribution in [1.82, 2.24) is 0 Å². The molecule has 2 aromatic rings. The summed E-state index contributed by atoms with van der Waals surface area (Å²) in [5, 5.41) is 0.0787. The van der Waals surface area contributed by atoms with Gasteiger partial charge in [-0.25, -0.2) is 0 Å². The molecular weight excluding hydrogens is 247 g/mol. The monoisotopic (exact) mass is 262 g/mol. The molecule has 0 radical (unpaired) electrons. The van der Waals surface area contributed by atoms with E-state index in [-0.39, 0.29) is 5.30 Å². The molecule has 0 amide bonds. The standard InChI is InChI=1S/C14H15O3P/c1-10-7-11(2)9-12(8-10)13-5-3-4-6-14(13)18(15,16)17/h3-9H,1-2H3,(H2,15,16,17). The maximum Gasteiger partial charge on any atom is 0.356 e. The first-order valence-electron chi connectivity index (χ1n) is 5.62. The normalized spacial score (nSPS) is 11.6. The molecule has 0 aliphatic heterocycles. The Morgan fingerprint density at radius 1 is 0.944 bits per heavy atom. The maximum atomic E-state index is 11.5. The fraction of sp³-hybridized carbons (Fsp3) is 0.143. The van der Waals surface area contributed by atoms with Crippen LogP contribution in [0.3, 0.4) is 0 Å². The van der Waals surface area contributed by atoms with Crippen LogP contribution >= 0.6 is 7.60 Å². The molecule has 0 aliphatic carbocycles. The van der Waals surface area contributed by atoms with Gasteiger partial charge in [0.1, 0.15) is 0 Å². The molecule has 18 heavy (non-hydrogen) atoms. The first kappa shape index (κ1) is 13.0. The maximum absolute atomic E-state index is 11.5. The summed E-state index contributed by atoms with van der Waals surface area (Å²) >= 11 is 0. The fourth-order valence-corrected chi connectivity index (χ4v) is 2.90. The minimum absolute atomic E-state index is 0.0787. The zero-order chi connectivity index (χ0) is 13.3. The van der Waals surface area contributed by atoms with Gasteiger partial charge < -0.3 is 9.79 Å². The summed E-state index contributed by atoms with van der Waals surface area (Å²) in [6, 6.07) is 12.5. The van der Waals surface area contributed by atoms with E-state index in [0.29, 0.717) is 5.56 Å². The second-order valence-electron chi connectivity index (χ2n) is 4.44. The van der Waals surface area contributed by atoms with Crippen LogP contribution in [0.1, 0.15) is 11.1 Å². The SMILES string of the molecule is Cc1cc(C)cc(-c2ccccc2P(=O)(O)O)c1. The van der Waals surface area contributed by atoms with Crippen molar-refractivity contribution in [2.24, 2.45) is 0 Å². The van der Waals surface area contributed by atoms with Gasteiger partial charge in [0, 0.05) is 0 Å². The molecule has 0 aromatic heterocycles. The van der Waals surface area contributed by atoms with Crippen LogP contribution in [0.15, 0.2) is 42.5 Å². The van der Waals surface area contributed by atoms with Crippen molar-refractivity contribution in [1.29, 1.82) is 0 Å². The van der Waals surface area contributed by atoms with Gasteiger partial charge in [-0.1, -0.05) is 47.5 Å². The van der Waals surface area contributed by atoms with Crippen molar-refractivity contribution in [2.75, 3.05) is 0 Å². The Hall–Kier alpha value is -1.41. The van der Waals surface area contributed by atoms with Gasteiger partial charge in [0.15, 0.2) is 0 Å². The molecule has 0 aliphatic rings. The van der Waals surface area contributed by atoms with E-state index in [4.69, 9.17) is 0 Å². The van der Waals surface area contributed by atoms with E-state index in [1.807, 2.05) is 32.0 Å². The van der Waals surface area contributed by atoms with Crippen LogP contribution < -0.4 is 5.30 Å². The van der Waals surface area contributed by atoms with Crippen LogP contribution in [-0.2, 0) is 4.57 Å². The molecular formula is C14H15O3P. The van der Waals surface area contributed by atoms with Gasteiger partial charge in [-0.15, -0.1) is 0 Å². The molecule has 0 fully saturated rings. The lowest BCUT2D eigenvalue weighted by atomic mass is 10.0. The van der Waals surface area contributed by atoms with Gasteiger partial charge in [0.25, 0.3) is 0 Å². The van der Waals surface area contributed by atoms with Gasteiger partial charge in [0.05, 0.1) is 5.30 Å². The highest BCUT2D eigenvalue weighted by Gasteiger charge is 2.21. The van der Waals surface area contributed by atoms with Crippen molar-refractivity contribution in [3.8, 4) is 11.1 Å². The highest BCUT2D eigenvalue weighted by Crippen LogP contribution is 2.38. The molecule has 4 heteroatoms. The zero-order valence-electron chi connectivity index (χ0n) is 10.3. The zero-order valence-corrected chi connectivity index (χ0v) is 11.2. The molecule has 2 aromatic carbocycles. The Morgan fingerprint density at radius 2 is 1.50 bits per heavy atom. The molecule has 2 rings (SSSR count). The second-order valence-corrected chi connectivity index (χ2v) is 6.01. The summed E-state index contributed by atoms with van der Waals surface area (Å²) in [7, 11) is -4.25. The van der Waals surface area contributed by atoms with Crippen LogP contribution in [0.4, 0.5) is 0 Å². The van der Waals surface area contributed by atoms with Crippen LogP contribution in [-0.4, -0.2) is 9.79 Å². The second kappa shape index (κ2) is 4.69. The summed E-state index contributed by atoms with van der Waals surface area (Å²) in [5.74, 6) is 0. The van der Waals surface area contributed by atoms with Gasteiger partial charge in [0.2, 0.25) is 0 Å². The van der Waals surface area contributed by atoms with Gasteiger partial charge in [-0.2, -0.15) is 0 Å². The molecule has 2 N–H and O–H groups in total. The van der Waals surface area contributed by atoms with E-state index in [2.05, 4.69) is 0 Å². The molecule has 0 bridgehead atoms. The van der Waals surface area contributed by atoms with Crippen molar-refractivity contribution in [2.45, 2.75) is 13.8 Å². The lowest BCUT2D eigenvalue weighted by Crippen LogP contribution is -2.07. The molecule has 0 heterocycles. The first-order chi connectivity index (χ1) is 8.38. The molecule has 0 atom stereocenters. The van der Waals surface area contributed by atoms with Crippen molar-refractivity contribution in [3.63, 3.8) is 0 Å². The molecule has 0 unspecified atom stereocenters. The number of rotatable bonds is 2. The van der Waals surface area contributed by atoms with E-state index >= 15 is 0 Å². The average molecular weight is 262 g/mol. The average Bonchev–Trinajstić information content (AvgIpc) is 2.26. The smallest absolute Gasteiger partial charge is 0.321 e. The molecule has 0 saturated carbocycles. The van der Waals surface area contributed by atoms with E-state index in [1.54, 1.807) is 18.2 Å². The topological polar surface area (TPSA) is 57.5 Å². The number of hydrogen-bond acceptors (Lipinski definition) is 1. The largest absolute Gasteiger partial charge is 0.356 e. The minimum atomic E-state index is -4.25. The number of benzene rings is 2. The Kier molecular flexibility index (Phi) is 3.40. The Morgan fingerprint density at radius 3 is 2.06 bits per heavy atom. The summed E-state index contributed by atoms with van der Waals surface area (Å²) < 4.78 is 11.5. The summed E-state index contributed by atoms with van der Waals surface area (Å²) in [6.45, 7) is 3.94. The van der Waals surface area contributed by atoms with Crippen LogP contribution in [0.2, 0.25) is 0 Å². The highest BCUT2D eigenvalue weighted by atomic mass is 31.2. The lowest BCUT2D eigenvalue weighted by molar-refractivity contribution is 0.387. The minimum Gasteiger partial charge on any atom is -0.321 e. The van der Waals surface area contributed by atoms with Crippen molar-refractivity contribution >= 4 is 12.9 Å². The summed E-state index contributed by atoms with van der Waals surface area (Å²) in [6.07, 6.45) is 0. The van der Waals surface area contributed by atoms with Crippen LogP contribution in [0.5, 0.6) is 0 Å². The van der Waals surface area contributed by atoms with Gasteiger partial charge in [-0.05, 0) is 31.0 Å². The Bertz CT molecular complexity index is 608. The summed E-state index contributed by atoms with van der Waals surface area (Å²) in [5.41, 5.74) is 3.58. The summed E-state index contributed by atoms with van der Waals surface area (Å²) in [4.78, 5) is 18.8. The van der Waals surface area contributed by atoms with Crippen molar-refractivity contribution < 1.29 is 14.4 Å². The lowest BCUT2D eigenvalue weighted by Gasteiger charge is -2.12. The molecule has 3 nitrogen and oxygen atoms in total. The molecule has 0 saturated heterocycles. The quantitative estimate of drug-likeness (QED) is 0.818. The third-order valence-electron chi connectivity index (χ3n) is 2.75. The van der Waals surface area contributed by atoms with Gasteiger partial charge in [-0.3, -0.25) is 4.57 Å². The Labute approximate surface area is 106 Å². The van der Waals surface area contributed by atoms with E-state index < -0.39 is 7.60 Å². The highest BCUT2D eigenvalue weighted by molar-refractivity contribution is 7.60. The van der Waals surface area contributed by atoms with E-state index in [0.717, 1.165) is 16.7 Å². The molecule has 94 valence electrons. The van der Waals surface area contributed by atoms with Gasteiger partial charge >= 0.3 is 7.60 Å². The molecule has 0 spiro atoms. The fourth-order valence-electron chi connectivity index (χ4n) is 2.10. The first-order valence-corrected chi connectivity index (χ1v) is 7.23. The van der Waals surface area contributed by atoms with Crippen molar-refractivity contribution in [3.05, 3.63) is 53.6 Å². The van der Waals surface area contributed by atoms with Crippen LogP contribution in [0.25, 0.3) is 11.1 Å². The van der Waals surface area contributed by atoms with Crippen LogP contribution in [0, 0.1) is 13.8 Å². The predicted octanol–water partition coefficient (Wildman–Crippen LogP) is 2.77. The third-order valence-corrected chi connectivity index (χ3v) is 3.77. The number of hydrogen-bond donors (Lipinski definition) is 2. The Balaban J connectivity index is 2.68. The van der Waals surface area contributed by atoms with E-state index in [9.17, 15) is 14.4 Å². The third kappa shape index (κ3) is 2.70. The predicted molar refractivity (Wildman–Crippen MR) is 73.0 cm³/mol.